The maximum Gasteiger partial charge on any atom is 0.341 e. The van der Waals surface area contributed by atoms with Gasteiger partial charge in [-0.2, -0.15) is 5.10 Å². The molecule has 2 aliphatic carbocycles. The second-order valence-electron chi connectivity index (χ2n) is 36.3. The molecule has 2 amide bonds. The number of aromatic nitrogens is 1. The number of fused-ring (bicyclic) bond motifs is 15. The number of ether oxygens (including phenoxy) is 8. The minimum atomic E-state index is -2.04. The van der Waals surface area contributed by atoms with Gasteiger partial charge in [-0.3, -0.25) is 29.0 Å². The zero-order valence-electron chi connectivity index (χ0n) is 79.4. The lowest BCUT2D eigenvalue weighted by Crippen LogP contribution is -2.69. The summed E-state index contributed by atoms with van der Waals surface area (Å²) in [6.07, 6.45) is -9.79. The number of rotatable bonds is 26. The van der Waals surface area contributed by atoms with Crippen molar-refractivity contribution in [2.75, 3.05) is 123 Å². The van der Waals surface area contributed by atoms with Gasteiger partial charge in [-0.05, 0) is 84.2 Å². The highest BCUT2D eigenvalue weighted by Gasteiger charge is 2.55. The Balaban J connectivity index is 0.000000230. The maximum absolute atomic E-state index is 14.6. The van der Waals surface area contributed by atoms with Crippen LogP contribution in [0.1, 0.15) is 139 Å². The predicted molar refractivity (Wildman–Crippen MR) is 499 cm³/mol. The fraction of sp³-hybridized carbons (Fsp3) is 0.663. The van der Waals surface area contributed by atoms with Crippen LogP contribution in [0, 0.1) is 36.4 Å². The smallest absolute Gasteiger partial charge is 0.341 e. The van der Waals surface area contributed by atoms with Crippen LogP contribution < -0.4 is 64.6 Å². The maximum atomic E-state index is 14.6. The van der Waals surface area contributed by atoms with Gasteiger partial charge in [0.15, 0.2) is 18.3 Å². The average Bonchev–Trinajstić information content (AvgIpc) is 1.58. The van der Waals surface area contributed by atoms with Gasteiger partial charge in [0.25, 0.3) is 11.7 Å². The van der Waals surface area contributed by atoms with E-state index in [1.807, 2.05) is 30.4 Å². The number of carboxylic acid groups (broad SMARTS) is 1. The molecule has 45 heteroatoms. The highest BCUT2D eigenvalue weighted by atomic mass is 19.1. The summed E-state index contributed by atoms with van der Waals surface area (Å²) in [5.41, 5.74) is 22.9. The van der Waals surface area contributed by atoms with Gasteiger partial charge in [0.1, 0.15) is 102 Å². The number of aliphatic hydroxyl groups excluding tert-OH is 12. The number of nitrogens with zero attached hydrogens (tertiary/aromatic N) is 5. The number of nitrogens with one attached hydrogen (secondary N) is 5. The number of nitrogens with two attached hydrogens (primary N) is 4. The number of pyridine rings is 1. The van der Waals surface area contributed by atoms with Crippen LogP contribution in [-0.2, 0) is 47.5 Å². The first-order chi connectivity index (χ1) is 64.9. The lowest BCUT2D eigenvalue weighted by atomic mass is 9.78. The second-order valence-corrected chi connectivity index (χ2v) is 36.3. The van der Waals surface area contributed by atoms with Gasteiger partial charge >= 0.3 is 17.7 Å². The van der Waals surface area contributed by atoms with E-state index in [0.29, 0.717) is 37.4 Å². The predicted octanol–water partition coefficient (Wildman–Crippen LogP) is -2.80. The van der Waals surface area contributed by atoms with Crippen molar-refractivity contribution in [3.63, 3.8) is 0 Å². The molecule has 44 nitrogen and oxygen atoms in total. The molecule has 137 heavy (non-hydrogen) atoms. The average molecular weight is 1940 g/mol. The van der Waals surface area contributed by atoms with Crippen molar-refractivity contribution in [1.29, 1.82) is 0 Å². The summed E-state index contributed by atoms with van der Waals surface area (Å²) >= 11 is 0. The number of phenols is 3. The molecule has 0 radical (unpaired) electrons. The van der Waals surface area contributed by atoms with Crippen molar-refractivity contribution in [1.82, 2.24) is 35.7 Å². The van der Waals surface area contributed by atoms with Crippen molar-refractivity contribution in [3.05, 3.63) is 92.8 Å². The van der Waals surface area contributed by atoms with E-state index < -0.39 is 216 Å². The summed E-state index contributed by atoms with van der Waals surface area (Å²) in [6.45, 7) is 23.3. The van der Waals surface area contributed by atoms with Gasteiger partial charge in [0.05, 0.1) is 96.1 Å². The van der Waals surface area contributed by atoms with Crippen LogP contribution in [0.5, 0.6) is 23.0 Å². The molecule has 29 N–H and O–H groups in total. The molecule has 27 atom stereocenters. The summed E-state index contributed by atoms with van der Waals surface area (Å²) in [6, 6.07) is 0.0237. The number of piperazine rings is 2. The lowest BCUT2D eigenvalue weighted by molar-refractivity contribution is -0.332. The summed E-state index contributed by atoms with van der Waals surface area (Å²) in [5, 5.41) is 189. The van der Waals surface area contributed by atoms with E-state index >= 15 is 0 Å². The Morgan fingerprint density at radius 3 is 1.95 bits per heavy atom. The number of carbonyl (C=O) groups excluding carboxylic acids is 4. The monoisotopic (exact) mass is 1940 g/mol. The number of esters is 1. The van der Waals surface area contributed by atoms with Crippen LogP contribution in [0.3, 0.4) is 0 Å². The fourth-order valence-corrected chi connectivity index (χ4v) is 17.5. The zero-order valence-corrected chi connectivity index (χ0v) is 79.4. The van der Waals surface area contributed by atoms with Gasteiger partial charge < -0.3 is 183 Å². The summed E-state index contributed by atoms with van der Waals surface area (Å²) in [4.78, 5) is 80.9. The van der Waals surface area contributed by atoms with E-state index in [-0.39, 0.29) is 113 Å². The van der Waals surface area contributed by atoms with Crippen molar-refractivity contribution in [3.8, 4) is 23.0 Å². The van der Waals surface area contributed by atoms with E-state index in [2.05, 4.69) is 36.6 Å². The molecule has 1 aromatic heterocycles. The van der Waals surface area contributed by atoms with E-state index in [1.54, 1.807) is 50.9 Å². The van der Waals surface area contributed by atoms with Crippen molar-refractivity contribution >= 4 is 68.8 Å². The highest BCUT2D eigenvalue weighted by molar-refractivity contribution is 6.24. The Kier molecular flexibility index (Phi) is 41.2. The van der Waals surface area contributed by atoms with E-state index in [1.165, 1.54) is 71.7 Å². The number of hydrazone groups is 1. The number of benzene rings is 3. The Morgan fingerprint density at radius 1 is 0.752 bits per heavy atom. The van der Waals surface area contributed by atoms with Crippen molar-refractivity contribution in [2.24, 2.45) is 51.7 Å². The molecule has 768 valence electrons. The summed E-state index contributed by atoms with van der Waals surface area (Å²) in [7, 11) is 3.42. The van der Waals surface area contributed by atoms with E-state index in [4.69, 9.17) is 71.0 Å². The zero-order chi connectivity index (χ0) is 101. The number of halogens is 1. The number of Topliss-reactive ketones (excluding diaryl/α,β-unsaturated/α-hetero) is 1. The number of hydrogen-bond donors (Lipinski definition) is 25. The van der Waals surface area contributed by atoms with Gasteiger partial charge in [0.2, 0.25) is 11.3 Å². The Hall–Kier alpha value is -8.90. The van der Waals surface area contributed by atoms with Crippen LogP contribution in [0.25, 0.3) is 21.7 Å². The van der Waals surface area contributed by atoms with Gasteiger partial charge in [-0.15, -0.1) is 0 Å². The van der Waals surface area contributed by atoms with Gasteiger partial charge in [-0.25, -0.2) is 9.18 Å². The summed E-state index contributed by atoms with van der Waals surface area (Å²) in [5.74, 6) is -10.9. The number of amides is 2. The highest BCUT2D eigenvalue weighted by Crippen LogP contribution is 2.55. The minimum Gasteiger partial charge on any atom is -0.507 e. The van der Waals surface area contributed by atoms with Crippen LogP contribution in [0.2, 0.25) is 0 Å². The molecule has 2 unspecified atom stereocenters. The molecule has 0 spiro atoms. The second kappa shape index (κ2) is 50.5. The standard InChI is InChI=1S/C43H58N4O12.C22H43N5O13.C17H18FN3O3.C10H24N2O2/c1-21-12-11-13-22(2)42(55)45-33-28(20-44-47-17-15-46(9)16-18-47)37(52)30-31(38(33)53)36(51)26(6)40-32(30)41(54)43(8,59-40)57-19-14-29(56-10)23(3)39(58-27(7)48)25(5)35(50)24(4)34(21)49;23-2-1-8(29)20(36)27-7-3-6(25)18(39-22-16(34)15(33)13(31)9(4-24)37-22)17(35)19(7)40-21-14(32)11(26)12(30)10(5-28)38-21;18-13-7-11-14(8-15(13)20-5-3-19-4-6-20)21(10-1-2-10)9-12(16(11)22)17(23)24;1-3-9(7-13)11-5-6-12-10(4-2)8-14/h11-14,19-21,23-25,29,34-35,39,49-53H,15-18H2,1-10H3,(H,45,55);6-19,21-22,28-35H,1-5,23-26H2,(H,27,36);7-10,19H,1-6H2,(H,23,24);9-14H,3-8H2,1-2H3/b12-11+,19-14+,22-13-,44-20+;;;/t21-,23+,24+,25+,29-,34-,35+,39+,43-;6-,7+,8?,9+,10+,11-,12+,13+,14+,15-,16+,17-,18?,19-,21+,22+;;9-,10-/m00.0/s1. The molecule has 8 heterocycles. The van der Waals surface area contributed by atoms with Gasteiger partial charge in [-0.1, -0.05) is 59.8 Å². The first-order valence-electron chi connectivity index (χ1n) is 46.5. The third-order valence-electron chi connectivity index (χ3n) is 26.5. The Bertz CT molecular complexity index is 4880. The number of likely N-dealkylation sites (N-methyl/N-ethyl adjacent to an activating group) is 1. The Morgan fingerprint density at radius 2 is 1.37 bits per heavy atom. The molecular weight excluding hydrogens is 1800 g/mol. The molecule has 4 saturated heterocycles. The minimum absolute atomic E-state index is 0.0101. The first-order valence-corrected chi connectivity index (χ1v) is 46.5. The number of anilines is 2. The van der Waals surface area contributed by atoms with Crippen LogP contribution >= 0.6 is 0 Å². The molecule has 13 rings (SSSR count). The number of ketones is 1. The number of aromatic carboxylic acids is 1. The molecule has 6 fully saturated rings. The normalized spacial score (nSPS) is 32.3. The van der Waals surface area contributed by atoms with E-state index in [9.17, 15) is 105 Å². The quantitative estimate of drug-likeness (QED) is 0.00993. The van der Waals surface area contributed by atoms with E-state index in [0.717, 1.165) is 65.0 Å². The molecule has 4 aromatic rings. The number of allylic oxidation sites excluding steroid dienone is 2. The van der Waals surface area contributed by atoms with Crippen molar-refractivity contribution in [2.45, 2.75) is 254 Å². The third kappa shape index (κ3) is 26.7. The van der Waals surface area contributed by atoms with Crippen LogP contribution in [0.15, 0.2) is 64.4 Å². The number of hydrogen-bond acceptors (Lipinski definition) is 40. The number of aromatic hydroxyl groups is 3. The molecule has 5 bridgehead atoms. The third-order valence-corrected chi connectivity index (χ3v) is 26.5. The number of aliphatic hydroxyl groups is 12. The number of carbonyl (C=O) groups is 5. The molecule has 2 saturated carbocycles. The largest absolute Gasteiger partial charge is 0.507 e. The van der Waals surface area contributed by atoms with Crippen LogP contribution in [0.4, 0.5) is 15.8 Å². The topological polar surface area (TPSA) is 691 Å². The number of phenolic OH excluding ortho intramolecular Hbond substituents is 3. The summed E-state index contributed by atoms with van der Waals surface area (Å²) < 4.78 is 62.5. The van der Waals surface area contributed by atoms with Crippen molar-refractivity contribution < 1.29 is 148 Å². The lowest BCUT2D eigenvalue weighted by Gasteiger charge is -2.49. The molecular formula is C92H143FN14O30. The first kappa shape index (κ1) is 112. The number of carboxylic acids is 1. The Labute approximate surface area is 793 Å². The number of methoxy groups -OCH3 is 1. The molecule has 7 aliphatic heterocycles. The van der Waals surface area contributed by atoms with Crippen LogP contribution in [-0.4, -0.2) is 385 Å². The fourth-order valence-electron chi connectivity index (χ4n) is 17.5. The SMILES string of the molecule is CC[C@@H](CO)NCCN[C@@H](CC)CO.CO[C@H]1/C=C/O[C@@]2(C)Oc3c(C)c(O)c4c(O)c(c(/C=N/N5CCN(C)CC5)c(O)c4c3C2=O)NC(=O)/C(C)=C\C=C\[C@H](C)[C@H](O)[C@@H](C)[C@@H](O)[C@@H](C)[C@H](OC(C)=O)[C@@H]1C.NCCC(O)C(=O)N[C@@H]1C[C@H](N)C(O[C@H]2O[C@H](CN)[C@@H](O)[C@H](O)[C@H]2O)[C@H](O)[C@H]1O[C@H]1O[C@H](CO)[C@@H](O)[C@H](N)[C@H]1O.O=C(O)c1cn(C2CC2)c2cc(N3CCNCC3)c(F)cc2c1=O. The van der Waals surface area contributed by atoms with Gasteiger partial charge in [0, 0.05) is 169 Å². The molecule has 9 aliphatic rings. The molecule has 3 aromatic carbocycles.